The number of halogens is 1. The number of nitro groups is 1. The number of rotatable bonds is 5. The third-order valence-corrected chi connectivity index (χ3v) is 2.55. The summed E-state index contributed by atoms with van der Waals surface area (Å²) in [5, 5.41) is 17.5. The van der Waals surface area contributed by atoms with E-state index in [0.717, 1.165) is 0 Å². The average molecular weight is 269 g/mol. The summed E-state index contributed by atoms with van der Waals surface area (Å²) in [6, 6.07) is 4.72. The number of hydrogen-bond donors (Lipinski definition) is 1. The van der Waals surface area contributed by atoms with E-state index in [9.17, 15) is 10.1 Å². The van der Waals surface area contributed by atoms with Crippen molar-refractivity contribution < 1.29 is 9.45 Å². The van der Waals surface area contributed by atoms with Gasteiger partial charge in [-0.15, -0.1) is 0 Å². The summed E-state index contributed by atoms with van der Waals surface area (Å²) in [4.78, 5) is 14.2. The molecule has 0 spiro atoms. The number of nitro benzene ring substituents is 1. The molecule has 0 saturated carbocycles. The molecule has 1 heterocycles. The van der Waals surface area contributed by atoms with Gasteiger partial charge in [-0.1, -0.05) is 22.8 Å². The van der Waals surface area contributed by atoms with E-state index >= 15 is 0 Å². The second kappa shape index (κ2) is 5.46. The van der Waals surface area contributed by atoms with Gasteiger partial charge in [-0.3, -0.25) is 10.1 Å². The Labute approximate surface area is 107 Å². The van der Waals surface area contributed by atoms with E-state index < -0.39 is 4.92 Å². The highest BCUT2D eigenvalue weighted by molar-refractivity contribution is 6.33. The molecule has 2 aromatic rings. The van der Waals surface area contributed by atoms with Gasteiger partial charge in [-0.25, -0.2) is 0 Å². The lowest BCUT2D eigenvalue weighted by atomic mass is 10.2. The summed E-state index contributed by atoms with van der Waals surface area (Å²) in [7, 11) is 0. The monoisotopic (exact) mass is 268 g/mol. The zero-order valence-electron chi connectivity index (χ0n) is 9.17. The smallest absolute Gasteiger partial charge is 0.310 e. The van der Waals surface area contributed by atoms with Crippen LogP contribution in [0.25, 0.3) is 0 Å². The van der Waals surface area contributed by atoms with Crippen LogP contribution in [-0.4, -0.2) is 21.6 Å². The molecule has 0 aliphatic rings. The molecule has 0 unspecified atom stereocenters. The molecule has 0 aliphatic carbocycles. The molecule has 0 fully saturated rings. The Morgan fingerprint density at radius 1 is 1.50 bits per heavy atom. The lowest BCUT2D eigenvalue weighted by Crippen LogP contribution is -2.07. The fraction of sp³-hybridized carbons (Fsp3) is 0.200. The summed E-state index contributed by atoms with van der Waals surface area (Å²) in [6.07, 6.45) is 1.73. The second-order valence-corrected chi connectivity index (χ2v) is 3.82. The first kappa shape index (κ1) is 12.3. The van der Waals surface area contributed by atoms with E-state index in [1.807, 2.05) is 0 Å². The van der Waals surface area contributed by atoms with Gasteiger partial charge < -0.3 is 9.84 Å². The molecule has 1 aromatic heterocycles. The predicted octanol–water partition coefficient (Wildman–Crippen LogP) is 2.29. The average Bonchev–Trinajstić information content (AvgIpc) is 2.81. The third kappa shape index (κ3) is 2.75. The Balaban J connectivity index is 2.05. The molecule has 0 atom stereocenters. The number of hydrogen-bond acceptors (Lipinski definition) is 6. The lowest BCUT2D eigenvalue weighted by Gasteiger charge is -2.06. The number of nitrogens with zero attached hydrogens (tertiary/aromatic N) is 3. The SMILES string of the molecule is O=[N+]([O-])c1c(Cl)cccc1NCCc1ncon1. The van der Waals surface area contributed by atoms with Gasteiger partial charge >= 0.3 is 5.69 Å². The van der Waals surface area contributed by atoms with Crippen molar-refractivity contribution >= 4 is 23.0 Å². The summed E-state index contributed by atoms with van der Waals surface area (Å²) >= 11 is 5.78. The molecule has 0 amide bonds. The molecule has 7 nitrogen and oxygen atoms in total. The van der Waals surface area contributed by atoms with E-state index in [1.54, 1.807) is 12.1 Å². The van der Waals surface area contributed by atoms with Crippen LogP contribution in [-0.2, 0) is 6.42 Å². The quantitative estimate of drug-likeness (QED) is 0.660. The van der Waals surface area contributed by atoms with Gasteiger partial charge in [0.25, 0.3) is 0 Å². The van der Waals surface area contributed by atoms with Crippen LogP contribution in [0.5, 0.6) is 0 Å². The lowest BCUT2D eigenvalue weighted by molar-refractivity contribution is -0.383. The Morgan fingerprint density at radius 2 is 2.33 bits per heavy atom. The maximum Gasteiger partial charge on any atom is 0.310 e. The molecule has 94 valence electrons. The highest BCUT2D eigenvalue weighted by Crippen LogP contribution is 2.31. The highest BCUT2D eigenvalue weighted by Gasteiger charge is 2.17. The third-order valence-electron chi connectivity index (χ3n) is 2.24. The first-order chi connectivity index (χ1) is 8.68. The van der Waals surface area contributed by atoms with Crippen molar-refractivity contribution in [1.29, 1.82) is 0 Å². The van der Waals surface area contributed by atoms with Crippen molar-refractivity contribution in [2.24, 2.45) is 0 Å². The van der Waals surface area contributed by atoms with Crippen LogP contribution in [0, 0.1) is 10.1 Å². The van der Waals surface area contributed by atoms with Crippen LogP contribution in [0.3, 0.4) is 0 Å². The molecular weight excluding hydrogens is 260 g/mol. The van der Waals surface area contributed by atoms with Crippen molar-refractivity contribution in [1.82, 2.24) is 10.1 Å². The predicted molar refractivity (Wildman–Crippen MR) is 64.6 cm³/mol. The van der Waals surface area contributed by atoms with Gasteiger partial charge in [0.2, 0.25) is 6.39 Å². The molecule has 18 heavy (non-hydrogen) atoms. The highest BCUT2D eigenvalue weighted by atomic mass is 35.5. The number of aromatic nitrogens is 2. The number of benzene rings is 1. The van der Waals surface area contributed by atoms with Gasteiger partial charge in [0.05, 0.1) is 4.92 Å². The van der Waals surface area contributed by atoms with Crippen molar-refractivity contribution in [3.8, 4) is 0 Å². The maximum atomic E-state index is 10.9. The van der Waals surface area contributed by atoms with Gasteiger partial charge in [-0.2, -0.15) is 4.98 Å². The largest absolute Gasteiger partial charge is 0.379 e. The van der Waals surface area contributed by atoms with Crippen molar-refractivity contribution in [2.75, 3.05) is 11.9 Å². The van der Waals surface area contributed by atoms with E-state index in [-0.39, 0.29) is 10.7 Å². The summed E-state index contributed by atoms with van der Waals surface area (Å²) in [5.41, 5.74) is 0.239. The van der Waals surface area contributed by atoms with Gasteiger partial charge in [0, 0.05) is 13.0 Å². The van der Waals surface area contributed by atoms with Crippen LogP contribution in [0.15, 0.2) is 29.1 Å². The minimum Gasteiger partial charge on any atom is -0.379 e. The molecule has 0 aliphatic heterocycles. The standard InChI is InChI=1S/C10H9ClN4O3/c11-7-2-1-3-8(10(7)15(16)17)12-5-4-9-13-6-18-14-9/h1-3,6,12H,4-5H2. The van der Waals surface area contributed by atoms with Crippen LogP contribution in [0.1, 0.15) is 5.82 Å². The first-order valence-corrected chi connectivity index (χ1v) is 5.48. The van der Waals surface area contributed by atoms with Crippen molar-refractivity contribution in [3.05, 3.63) is 45.6 Å². The van der Waals surface area contributed by atoms with Gasteiger partial charge in [0.15, 0.2) is 5.82 Å². The van der Waals surface area contributed by atoms with Crippen molar-refractivity contribution in [2.45, 2.75) is 6.42 Å². The molecule has 0 saturated heterocycles. The number of anilines is 1. The van der Waals surface area contributed by atoms with Crippen LogP contribution in [0.4, 0.5) is 11.4 Å². The van der Waals surface area contributed by atoms with Crippen LogP contribution >= 0.6 is 11.6 Å². The molecular formula is C10H9ClN4O3. The van der Waals surface area contributed by atoms with E-state index in [1.165, 1.54) is 12.5 Å². The minimum atomic E-state index is -0.515. The van der Waals surface area contributed by atoms with Gasteiger partial charge in [-0.05, 0) is 12.1 Å². The summed E-state index contributed by atoms with van der Waals surface area (Å²) < 4.78 is 4.58. The molecule has 2 rings (SSSR count). The summed E-state index contributed by atoms with van der Waals surface area (Å²) in [6.45, 7) is 0.445. The topological polar surface area (TPSA) is 94.1 Å². The van der Waals surface area contributed by atoms with Crippen LogP contribution < -0.4 is 5.32 Å². The zero-order valence-corrected chi connectivity index (χ0v) is 9.92. The van der Waals surface area contributed by atoms with E-state index in [0.29, 0.717) is 24.5 Å². The van der Waals surface area contributed by atoms with Gasteiger partial charge in [0.1, 0.15) is 10.7 Å². The number of para-hydroxylation sites is 1. The summed E-state index contributed by atoms with van der Waals surface area (Å²) in [5.74, 6) is 0.534. The van der Waals surface area contributed by atoms with Crippen molar-refractivity contribution in [3.63, 3.8) is 0 Å². The maximum absolute atomic E-state index is 10.9. The molecule has 8 heteroatoms. The number of nitrogens with one attached hydrogen (secondary N) is 1. The van der Waals surface area contributed by atoms with Crippen LogP contribution in [0.2, 0.25) is 5.02 Å². The Bertz CT molecular complexity index is 544. The normalized spacial score (nSPS) is 10.3. The molecule has 0 bridgehead atoms. The molecule has 0 radical (unpaired) electrons. The minimum absolute atomic E-state index is 0.101. The van der Waals surface area contributed by atoms with E-state index in [4.69, 9.17) is 11.6 Å². The second-order valence-electron chi connectivity index (χ2n) is 3.42. The van der Waals surface area contributed by atoms with E-state index in [2.05, 4.69) is 20.0 Å². The Kier molecular flexibility index (Phi) is 3.73. The first-order valence-electron chi connectivity index (χ1n) is 5.10. The Morgan fingerprint density at radius 3 is 3.00 bits per heavy atom. The molecule has 1 N–H and O–H groups in total. The zero-order chi connectivity index (χ0) is 13.0. The fourth-order valence-corrected chi connectivity index (χ4v) is 1.70. The Hall–Kier alpha value is -2.15. The fourth-order valence-electron chi connectivity index (χ4n) is 1.46. The molecule has 1 aromatic carbocycles.